The van der Waals surface area contributed by atoms with Gasteiger partial charge in [-0.3, -0.25) is 4.79 Å². The molecule has 94 valence electrons. The zero-order chi connectivity index (χ0) is 13.0. The topological polar surface area (TPSA) is 42.2 Å². The average molecular weight is 355 g/mol. The van der Waals surface area contributed by atoms with Crippen molar-refractivity contribution in [1.82, 2.24) is 0 Å². The van der Waals surface area contributed by atoms with Crippen molar-refractivity contribution < 1.29 is 9.21 Å². The van der Waals surface area contributed by atoms with Crippen molar-refractivity contribution in [1.29, 1.82) is 0 Å². The molecule has 1 aromatic heterocycles. The number of nitrogens with one attached hydrogen (secondary N) is 1. The highest BCUT2D eigenvalue weighted by Crippen LogP contribution is 2.12. The van der Waals surface area contributed by atoms with E-state index >= 15 is 0 Å². The normalized spacial score (nSPS) is 10.3. The summed E-state index contributed by atoms with van der Waals surface area (Å²) in [5.74, 6) is 1.24. The summed E-state index contributed by atoms with van der Waals surface area (Å²) in [7, 11) is 0. The number of Topliss-reactive ketones (excluding diaryl/α,β-unsaturated/α-hetero) is 1. The lowest BCUT2D eigenvalue weighted by atomic mass is 10.2. The number of carbonyl (C=O) groups is 1. The molecule has 1 N–H and O–H groups in total. The average Bonchev–Trinajstić information content (AvgIpc) is 2.78. The Hall–Kier alpha value is -1.30. The Morgan fingerprint density at radius 3 is 2.56 bits per heavy atom. The zero-order valence-corrected chi connectivity index (χ0v) is 12.2. The van der Waals surface area contributed by atoms with Crippen molar-refractivity contribution in [2.24, 2.45) is 0 Å². The van der Waals surface area contributed by atoms with Crippen LogP contribution in [0.25, 0.3) is 0 Å². The van der Waals surface area contributed by atoms with E-state index < -0.39 is 0 Å². The van der Waals surface area contributed by atoms with Crippen molar-refractivity contribution in [3.63, 3.8) is 0 Å². The van der Waals surface area contributed by atoms with Gasteiger partial charge in [0.1, 0.15) is 5.76 Å². The Labute approximate surface area is 120 Å². The molecule has 0 amide bonds. The fourth-order valence-electron chi connectivity index (χ4n) is 1.60. The van der Waals surface area contributed by atoms with Crippen molar-refractivity contribution in [2.45, 2.75) is 13.3 Å². The number of rotatable bonds is 5. The predicted octanol–water partition coefficient (Wildman–Crippen LogP) is 3.88. The van der Waals surface area contributed by atoms with Crippen LogP contribution in [0.2, 0.25) is 0 Å². The van der Waals surface area contributed by atoms with Gasteiger partial charge in [-0.1, -0.05) is 0 Å². The molecule has 1 heterocycles. The van der Waals surface area contributed by atoms with Gasteiger partial charge in [-0.15, -0.1) is 0 Å². The lowest BCUT2D eigenvalue weighted by Gasteiger charge is -2.05. The maximum Gasteiger partial charge on any atom is 0.199 e. The van der Waals surface area contributed by atoms with Gasteiger partial charge in [0.25, 0.3) is 0 Å². The molecule has 0 atom stereocenters. The summed E-state index contributed by atoms with van der Waals surface area (Å²) < 4.78 is 6.48. The molecule has 0 spiro atoms. The van der Waals surface area contributed by atoms with Gasteiger partial charge in [0.2, 0.25) is 0 Å². The molecule has 2 rings (SSSR count). The van der Waals surface area contributed by atoms with Gasteiger partial charge in [0, 0.05) is 22.2 Å². The molecular formula is C14H14INO2. The van der Waals surface area contributed by atoms with Gasteiger partial charge >= 0.3 is 0 Å². The third-order valence-electron chi connectivity index (χ3n) is 2.54. The summed E-state index contributed by atoms with van der Waals surface area (Å²) in [6, 6.07) is 11.6. The van der Waals surface area contributed by atoms with E-state index in [4.69, 9.17) is 4.42 Å². The molecule has 0 unspecified atom stereocenters. The maximum atomic E-state index is 11.8. The molecule has 0 aliphatic heterocycles. The molecule has 0 saturated heterocycles. The minimum atomic E-state index is 0.0288. The quantitative estimate of drug-likeness (QED) is 0.654. The monoisotopic (exact) mass is 355 g/mol. The molecule has 0 aliphatic rings. The van der Waals surface area contributed by atoms with E-state index in [1.807, 2.05) is 31.2 Å². The highest BCUT2D eigenvalue weighted by molar-refractivity contribution is 14.1. The number of hydrogen-bond donors (Lipinski definition) is 1. The van der Waals surface area contributed by atoms with Crippen LogP contribution >= 0.6 is 22.6 Å². The van der Waals surface area contributed by atoms with Crippen molar-refractivity contribution in [2.75, 3.05) is 11.9 Å². The van der Waals surface area contributed by atoms with Crippen LogP contribution < -0.4 is 5.32 Å². The summed E-state index contributed by atoms with van der Waals surface area (Å²) in [5.41, 5.74) is 1.03. The largest absolute Gasteiger partial charge is 0.458 e. The van der Waals surface area contributed by atoms with E-state index in [2.05, 4.69) is 27.9 Å². The predicted molar refractivity (Wildman–Crippen MR) is 80.0 cm³/mol. The summed E-state index contributed by atoms with van der Waals surface area (Å²) in [4.78, 5) is 11.8. The highest BCUT2D eigenvalue weighted by Gasteiger charge is 2.09. The second-order valence-electron chi connectivity index (χ2n) is 4.02. The zero-order valence-electron chi connectivity index (χ0n) is 10.1. The fraction of sp³-hybridized carbons (Fsp3) is 0.214. The van der Waals surface area contributed by atoms with E-state index in [0.717, 1.165) is 11.4 Å². The van der Waals surface area contributed by atoms with E-state index in [0.29, 0.717) is 18.7 Å². The molecule has 18 heavy (non-hydrogen) atoms. The molecule has 0 bridgehead atoms. The van der Waals surface area contributed by atoms with Crippen LogP contribution in [-0.4, -0.2) is 12.3 Å². The molecular weight excluding hydrogens is 341 g/mol. The van der Waals surface area contributed by atoms with Gasteiger partial charge in [-0.05, 0) is 65.9 Å². The summed E-state index contributed by atoms with van der Waals surface area (Å²) >= 11 is 2.26. The highest BCUT2D eigenvalue weighted by atomic mass is 127. The van der Waals surface area contributed by atoms with Gasteiger partial charge in [-0.2, -0.15) is 0 Å². The number of ketones is 1. The molecule has 1 aromatic carbocycles. The molecule has 0 fully saturated rings. The Kier molecular flexibility index (Phi) is 4.41. The van der Waals surface area contributed by atoms with E-state index in [9.17, 15) is 4.79 Å². The molecule has 0 aliphatic carbocycles. The van der Waals surface area contributed by atoms with Crippen LogP contribution in [0.15, 0.2) is 40.8 Å². The fourth-order valence-corrected chi connectivity index (χ4v) is 1.96. The summed E-state index contributed by atoms with van der Waals surface area (Å²) in [6.07, 6.45) is 0.430. The number of aryl methyl sites for hydroxylation is 1. The summed E-state index contributed by atoms with van der Waals surface area (Å²) in [6.45, 7) is 2.44. The van der Waals surface area contributed by atoms with Gasteiger partial charge in [-0.25, -0.2) is 0 Å². The molecule has 2 aromatic rings. The Balaban J connectivity index is 1.82. The third-order valence-corrected chi connectivity index (χ3v) is 3.26. The van der Waals surface area contributed by atoms with E-state index in [1.165, 1.54) is 3.57 Å². The van der Waals surface area contributed by atoms with Crippen molar-refractivity contribution in [3.8, 4) is 0 Å². The van der Waals surface area contributed by atoms with Crippen molar-refractivity contribution in [3.05, 3.63) is 51.5 Å². The van der Waals surface area contributed by atoms with Crippen molar-refractivity contribution >= 4 is 34.1 Å². The van der Waals surface area contributed by atoms with Gasteiger partial charge in [0.15, 0.2) is 11.5 Å². The third kappa shape index (κ3) is 3.60. The Morgan fingerprint density at radius 1 is 1.22 bits per heavy atom. The standard InChI is InChI=1S/C14H14INO2/c1-10-2-7-14(18-10)13(17)8-9-16-12-5-3-11(15)4-6-12/h2-7,16H,8-9H2,1H3. The Bertz CT molecular complexity index is 531. The second-order valence-corrected chi connectivity index (χ2v) is 5.26. The lowest BCUT2D eigenvalue weighted by Crippen LogP contribution is -2.08. The van der Waals surface area contributed by atoms with Crippen LogP contribution in [0.4, 0.5) is 5.69 Å². The molecule has 0 saturated carbocycles. The van der Waals surface area contributed by atoms with Crippen LogP contribution in [0.3, 0.4) is 0 Å². The smallest absolute Gasteiger partial charge is 0.199 e. The Morgan fingerprint density at radius 2 is 1.94 bits per heavy atom. The van der Waals surface area contributed by atoms with Gasteiger partial charge in [0.05, 0.1) is 0 Å². The first-order chi connectivity index (χ1) is 8.65. The number of carbonyl (C=O) groups excluding carboxylic acids is 1. The molecule has 4 heteroatoms. The maximum absolute atomic E-state index is 11.8. The lowest BCUT2D eigenvalue weighted by molar-refractivity contribution is 0.0958. The van der Waals surface area contributed by atoms with Crippen LogP contribution in [0.1, 0.15) is 22.7 Å². The SMILES string of the molecule is Cc1ccc(C(=O)CCNc2ccc(I)cc2)o1. The first kappa shape index (κ1) is 13.1. The number of benzene rings is 1. The first-order valence-electron chi connectivity index (χ1n) is 5.74. The van der Waals surface area contributed by atoms with Gasteiger partial charge < -0.3 is 9.73 Å². The first-order valence-corrected chi connectivity index (χ1v) is 6.82. The molecule has 0 radical (unpaired) electrons. The second kappa shape index (κ2) is 6.04. The minimum absolute atomic E-state index is 0.0288. The number of hydrogen-bond acceptors (Lipinski definition) is 3. The number of anilines is 1. The van der Waals surface area contributed by atoms with E-state index in [-0.39, 0.29) is 5.78 Å². The van der Waals surface area contributed by atoms with E-state index in [1.54, 1.807) is 12.1 Å². The van der Waals surface area contributed by atoms with Crippen LogP contribution in [0, 0.1) is 10.5 Å². The summed E-state index contributed by atoms with van der Waals surface area (Å²) in [5, 5.41) is 3.21. The van der Waals surface area contributed by atoms with Crippen LogP contribution in [0.5, 0.6) is 0 Å². The number of halogens is 1. The van der Waals surface area contributed by atoms with Crippen LogP contribution in [-0.2, 0) is 0 Å². The molecule has 3 nitrogen and oxygen atoms in total. The minimum Gasteiger partial charge on any atom is -0.458 e. The number of furan rings is 1.